The van der Waals surface area contributed by atoms with Crippen LogP contribution in [0.2, 0.25) is 0 Å². The number of nitrogens with two attached hydrogens (primary N) is 1. The molecule has 0 spiro atoms. The van der Waals surface area contributed by atoms with Crippen molar-refractivity contribution >= 4 is 0 Å². The van der Waals surface area contributed by atoms with Gasteiger partial charge in [-0.25, -0.2) is 0 Å². The first-order valence-electron chi connectivity index (χ1n) is 8.18. The Bertz CT molecular complexity index is 380. The number of piperidine rings is 1. The summed E-state index contributed by atoms with van der Waals surface area (Å²) in [5.74, 6) is 1.51. The van der Waals surface area contributed by atoms with E-state index in [-0.39, 0.29) is 6.04 Å². The Morgan fingerprint density at radius 3 is 2.25 bits per heavy atom. The second kappa shape index (κ2) is 7.24. The van der Waals surface area contributed by atoms with Crippen molar-refractivity contribution in [3.63, 3.8) is 0 Å². The lowest BCUT2D eigenvalue weighted by Gasteiger charge is -2.42. The van der Waals surface area contributed by atoms with Crippen LogP contribution in [-0.4, -0.2) is 24.0 Å². The van der Waals surface area contributed by atoms with Crippen molar-refractivity contribution in [2.24, 2.45) is 17.6 Å². The van der Waals surface area contributed by atoms with Crippen molar-refractivity contribution in [3.05, 3.63) is 35.9 Å². The molecule has 1 aliphatic rings. The predicted octanol–water partition coefficient (Wildman–Crippen LogP) is 3.83. The Balaban J connectivity index is 2.08. The smallest absolute Gasteiger partial charge is 0.0455 e. The van der Waals surface area contributed by atoms with Gasteiger partial charge in [0.1, 0.15) is 0 Å². The molecule has 0 saturated carbocycles. The molecule has 0 radical (unpaired) electrons. The fraction of sp³-hybridized carbons (Fsp3) is 0.667. The van der Waals surface area contributed by atoms with Gasteiger partial charge in [-0.05, 0) is 43.3 Å². The molecule has 1 saturated heterocycles. The van der Waals surface area contributed by atoms with Gasteiger partial charge >= 0.3 is 0 Å². The van der Waals surface area contributed by atoms with Crippen molar-refractivity contribution in [2.45, 2.75) is 52.1 Å². The molecule has 0 aromatic heterocycles. The second-order valence-electron chi connectivity index (χ2n) is 6.56. The maximum atomic E-state index is 6.60. The molecule has 2 N–H and O–H groups in total. The Labute approximate surface area is 124 Å². The average molecular weight is 274 g/mol. The number of nitrogens with zero attached hydrogens (tertiary/aromatic N) is 1. The summed E-state index contributed by atoms with van der Waals surface area (Å²) >= 11 is 0. The molecular weight excluding hydrogens is 244 g/mol. The van der Waals surface area contributed by atoms with Crippen LogP contribution in [0.4, 0.5) is 0 Å². The largest absolute Gasteiger partial charge is 0.323 e. The molecule has 2 nitrogen and oxygen atoms in total. The summed E-state index contributed by atoms with van der Waals surface area (Å²) in [4.78, 5) is 2.63. The summed E-state index contributed by atoms with van der Waals surface area (Å²) in [6, 6.07) is 11.2. The van der Waals surface area contributed by atoms with Gasteiger partial charge in [0.2, 0.25) is 0 Å². The SMILES string of the molecule is CCC1CCN(C(C(C)C)C(N)c2ccccc2)CC1. The van der Waals surface area contributed by atoms with Crippen molar-refractivity contribution < 1.29 is 0 Å². The lowest BCUT2D eigenvalue weighted by Crippen LogP contribution is -2.49. The van der Waals surface area contributed by atoms with Crippen LogP contribution >= 0.6 is 0 Å². The monoisotopic (exact) mass is 274 g/mol. The Morgan fingerprint density at radius 1 is 1.15 bits per heavy atom. The van der Waals surface area contributed by atoms with Crippen LogP contribution in [0.3, 0.4) is 0 Å². The van der Waals surface area contributed by atoms with Crippen LogP contribution < -0.4 is 5.73 Å². The molecule has 0 bridgehead atoms. The van der Waals surface area contributed by atoms with Gasteiger partial charge in [0.15, 0.2) is 0 Å². The second-order valence-corrected chi connectivity index (χ2v) is 6.56. The summed E-state index contributed by atoms with van der Waals surface area (Å²) in [6.07, 6.45) is 3.99. The van der Waals surface area contributed by atoms with E-state index in [2.05, 4.69) is 56.0 Å². The Morgan fingerprint density at radius 2 is 1.75 bits per heavy atom. The zero-order valence-electron chi connectivity index (χ0n) is 13.3. The van der Waals surface area contributed by atoms with E-state index in [1.54, 1.807) is 0 Å². The molecule has 1 heterocycles. The standard InChI is InChI=1S/C18H30N2/c1-4-15-10-12-20(13-11-15)18(14(2)3)17(19)16-8-6-5-7-9-16/h5-9,14-15,17-18H,4,10-13,19H2,1-3H3. The molecule has 1 fully saturated rings. The highest BCUT2D eigenvalue weighted by Gasteiger charge is 2.31. The zero-order chi connectivity index (χ0) is 14.5. The Hall–Kier alpha value is -0.860. The minimum Gasteiger partial charge on any atom is -0.323 e. The molecule has 2 unspecified atom stereocenters. The molecule has 0 amide bonds. The lowest BCUT2D eigenvalue weighted by atomic mass is 9.86. The van der Waals surface area contributed by atoms with Crippen LogP contribution in [0.15, 0.2) is 30.3 Å². The summed E-state index contributed by atoms with van der Waals surface area (Å²) < 4.78 is 0. The van der Waals surface area contributed by atoms with Crippen LogP contribution in [-0.2, 0) is 0 Å². The number of benzene rings is 1. The molecule has 1 aromatic carbocycles. The molecule has 2 atom stereocenters. The maximum absolute atomic E-state index is 6.60. The van der Waals surface area contributed by atoms with Crippen LogP contribution in [0.5, 0.6) is 0 Å². The van der Waals surface area contributed by atoms with Crippen LogP contribution in [0.25, 0.3) is 0 Å². The highest BCUT2D eigenvalue weighted by Crippen LogP contribution is 2.29. The molecule has 20 heavy (non-hydrogen) atoms. The van der Waals surface area contributed by atoms with Gasteiger partial charge in [-0.1, -0.05) is 57.5 Å². The van der Waals surface area contributed by atoms with Crippen molar-refractivity contribution in [1.82, 2.24) is 4.90 Å². The average Bonchev–Trinajstić information content (AvgIpc) is 2.48. The first-order valence-corrected chi connectivity index (χ1v) is 8.18. The van der Waals surface area contributed by atoms with Gasteiger partial charge in [-0.2, -0.15) is 0 Å². The fourth-order valence-electron chi connectivity index (χ4n) is 3.60. The third kappa shape index (κ3) is 3.62. The summed E-state index contributed by atoms with van der Waals surface area (Å²) in [7, 11) is 0. The minimum absolute atomic E-state index is 0.120. The topological polar surface area (TPSA) is 29.3 Å². The Kier molecular flexibility index (Phi) is 5.62. The fourth-order valence-corrected chi connectivity index (χ4v) is 3.60. The highest BCUT2D eigenvalue weighted by molar-refractivity contribution is 5.20. The van der Waals surface area contributed by atoms with E-state index < -0.39 is 0 Å². The highest BCUT2D eigenvalue weighted by atomic mass is 15.2. The molecular formula is C18H30N2. The zero-order valence-corrected chi connectivity index (χ0v) is 13.3. The normalized spacial score (nSPS) is 21.1. The van der Waals surface area contributed by atoms with Crippen LogP contribution in [0.1, 0.15) is 51.6 Å². The number of hydrogen-bond acceptors (Lipinski definition) is 2. The predicted molar refractivity (Wildman–Crippen MR) is 86.6 cm³/mol. The van der Waals surface area contributed by atoms with Gasteiger partial charge in [-0.15, -0.1) is 0 Å². The maximum Gasteiger partial charge on any atom is 0.0455 e. The van der Waals surface area contributed by atoms with E-state index in [4.69, 9.17) is 5.73 Å². The number of hydrogen-bond donors (Lipinski definition) is 1. The summed E-state index contributed by atoms with van der Waals surface area (Å²) in [5, 5.41) is 0. The van der Waals surface area contributed by atoms with Gasteiger partial charge < -0.3 is 5.73 Å². The minimum atomic E-state index is 0.120. The number of likely N-dealkylation sites (tertiary alicyclic amines) is 1. The van der Waals surface area contributed by atoms with Gasteiger partial charge in [0, 0.05) is 12.1 Å². The number of rotatable bonds is 5. The molecule has 1 aliphatic heterocycles. The van der Waals surface area contributed by atoms with E-state index in [0.717, 1.165) is 5.92 Å². The van der Waals surface area contributed by atoms with Gasteiger partial charge in [-0.3, -0.25) is 4.90 Å². The van der Waals surface area contributed by atoms with Gasteiger partial charge in [0.05, 0.1) is 0 Å². The molecule has 1 aromatic rings. The third-order valence-electron chi connectivity index (χ3n) is 4.88. The third-order valence-corrected chi connectivity index (χ3v) is 4.88. The first kappa shape index (κ1) is 15.5. The molecule has 0 aliphatic carbocycles. The van der Waals surface area contributed by atoms with Crippen LogP contribution in [0, 0.1) is 11.8 Å². The van der Waals surface area contributed by atoms with E-state index in [0.29, 0.717) is 12.0 Å². The van der Waals surface area contributed by atoms with Gasteiger partial charge in [0.25, 0.3) is 0 Å². The quantitative estimate of drug-likeness (QED) is 0.884. The first-order chi connectivity index (χ1) is 9.63. The molecule has 2 heteroatoms. The van der Waals surface area contributed by atoms with E-state index in [9.17, 15) is 0 Å². The van der Waals surface area contributed by atoms with E-state index in [1.165, 1.54) is 37.9 Å². The molecule has 112 valence electrons. The lowest BCUT2D eigenvalue weighted by molar-refractivity contribution is 0.0858. The summed E-state index contributed by atoms with van der Waals surface area (Å²) in [6.45, 7) is 9.35. The van der Waals surface area contributed by atoms with E-state index >= 15 is 0 Å². The molecule has 2 rings (SSSR count). The summed E-state index contributed by atoms with van der Waals surface area (Å²) in [5.41, 5.74) is 7.86. The van der Waals surface area contributed by atoms with Crippen molar-refractivity contribution in [3.8, 4) is 0 Å². The van der Waals surface area contributed by atoms with E-state index in [1.807, 2.05) is 0 Å². The van der Waals surface area contributed by atoms with Crippen molar-refractivity contribution in [1.29, 1.82) is 0 Å². The van der Waals surface area contributed by atoms with Crippen molar-refractivity contribution in [2.75, 3.05) is 13.1 Å².